The predicted octanol–water partition coefficient (Wildman–Crippen LogP) is 2.56. The lowest BCUT2D eigenvalue weighted by atomic mass is 9.83. The van der Waals surface area contributed by atoms with Crippen molar-refractivity contribution in [3.05, 3.63) is 23.7 Å². The van der Waals surface area contributed by atoms with Gasteiger partial charge in [-0.15, -0.1) is 0 Å². The Kier molecular flexibility index (Phi) is 4.16. The molecule has 2 rings (SSSR count). The van der Waals surface area contributed by atoms with E-state index in [4.69, 9.17) is 4.42 Å². The van der Waals surface area contributed by atoms with Gasteiger partial charge in [-0.3, -0.25) is 9.59 Å². The summed E-state index contributed by atoms with van der Waals surface area (Å²) in [6.07, 6.45) is 2.66. The molecule has 0 bridgehead atoms. The molecule has 1 aromatic heterocycles. The van der Waals surface area contributed by atoms with Crippen molar-refractivity contribution in [3.63, 3.8) is 0 Å². The van der Waals surface area contributed by atoms with Crippen molar-refractivity contribution in [2.24, 2.45) is 5.41 Å². The summed E-state index contributed by atoms with van der Waals surface area (Å²) in [5, 5.41) is 9.45. The van der Waals surface area contributed by atoms with Crippen LogP contribution in [0, 0.1) is 5.41 Å². The molecular weight excluding hydrogens is 258 g/mol. The molecule has 20 heavy (non-hydrogen) atoms. The van der Waals surface area contributed by atoms with Crippen LogP contribution in [0.5, 0.6) is 0 Å². The van der Waals surface area contributed by atoms with Gasteiger partial charge in [0, 0.05) is 19.5 Å². The molecule has 1 aliphatic heterocycles. The van der Waals surface area contributed by atoms with Crippen molar-refractivity contribution >= 4 is 11.9 Å². The van der Waals surface area contributed by atoms with E-state index in [0.29, 0.717) is 25.1 Å². The molecular formula is C15H21NO4. The number of furan rings is 1. The summed E-state index contributed by atoms with van der Waals surface area (Å²) in [4.78, 5) is 25.4. The van der Waals surface area contributed by atoms with Gasteiger partial charge in [0.1, 0.15) is 5.76 Å². The summed E-state index contributed by atoms with van der Waals surface area (Å²) in [6, 6.07) is 3.46. The van der Waals surface area contributed by atoms with Crippen LogP contribution >= 0.6 is 0 Å². The molecule has 0 radical (unpaired) electrons. The first-order chi connectivity index (χ1) is 9.52. The molecule has 1 aliphatic rings. The minimum Gasteiger partial charge on any atom is -0.481 e. The van der Waals surface area contributed by atoms with Crippen molar-refractivity contribution in [1.29, 1.82) is 0 Å². The van der Waals surface area contributed by atoms with E-state index >= 15 is 0 Å². The number of amides is 1. The number of hydrogen-bond acceptors (Lipinski definition) is 3. The molecule has 110 valence electrons. The molecule has 2 heterocycles. The zero-order chi connectivity index (χ0) is 14.8. The maximum atomic E-state index is 12.3. The van der Waals surface area contributed by atoms with Gasteiger partial charge in [-0.1, -0.05) is 20.3 Å². The van der Waals surface area contributed by atoms with Crippen LogP contribution in [0.15, 0.2) is 16.5 Å². The zero-order valence-corrected chi connectivity index (χ0v) is 12.0. The van der Waals surface area contributed by atoms with Gasteiger partial charge in [0.2, 0.25) is 0 Å². The van der Waals surface area contributed by atoms with Crippen LogP contribution in [0.2, 0.25) is 0 Å². The highest BCUT2D eigenvalue weighted by Gasteiger charge is 2.45. The van der Waals surface area contributed by atoms with Crippen molar-refractivity contribution < 1.29 is 19.1 Å². The highest BCUT2D eigenvalue weighted by molar-refractivity contribution is 5.92. The van der Waals surface area contributed by atoms with E-state index in [1.807, 2.05) is 13.8 Å². The SMILES string of the molecule is CCCC1(C(=O)O)CCN(C(=O)c2ccc(CC)o2)C1. The quantitative estimate of drug-likeness (QED) is 0.899. The standard InChI is InChI=1S/C15H21NO4/c1-3-7-15(14(18)19)8-9-16(10-15)13(17)12-6-5-11(4-2)20-12/h5-6H,3-4,7-10H2,1-2H3,(H,18,19). The first kappa shape index (κ1) is 14.6. The average molecular weight is 279 g/mol. The maximum Gasteiger partial charge on any atom is 0.311 e. The number of aryl methyl sites for hydroxylation is 1. The number of rotatable bonds is 5. The predicted molar refractivity (Wildman–Crippen MR) is 73.6 cm³/mol. The average Bonchev–Trinajstić information content (AvgIpc) is 3.05. The third-order valence-corrected chi connectivity index (χ3v) is 4.04. The summed E-state index contributed by atoms with van der Waals surface area (Å²) in [7, 11) is 0. The number of likely N-dealkylation sites (tertiary alicyclic amines) is 1. The second kappa shape index (κ2) is 5.69. The van der Waals surface area contributed by atoms with Gasteiger partial charge in [-0.25, -0.2) is 0 Å². The molecule has 1 atom stereocenters. The van der Waals surface area contributed by atoms with E-state index in [0.717, 1.165) is 18.6 Å². The number of carbonyl (C=O) groups is 2. The van der Waals surface area contributed by atoms with Crippen LogP contribution < -0.4 is 0 Å². The van der Waals surface area contributed by atoms with E-state index in [2.05, 4.69) is 0 Å². The van der Waals surface area contributed by atoms with Crippen molar-refractivity contribution in [1.82, 2.24) is 4.90 Å². The Balaban J connectivity index is 2.11. The van der Waals surface area contributed by atoms with Crippen molar-refractivity contribution in [3.8, 4) is 0 Å². The number of hydrogen-bond donors (Lipinski definition) is 1. The zero-order valence-electron chi connectivity index (χ0n) is 12.0. The first-order valence-electron chi connectivity index (χ1n) is 7.14. The molecule has 0 saturated carbocycles. The van der Waals surface area contributed by atoms with Crippen molar-refractivity contribution in [2.75, 3.05) is 13.1 Å². The number of carboxylic acid groups (broad SMARTS) is 1. The lowest BCUT2D eigenvalue weighted by Crippen LogP contribution is -2.36. The number of nitrogens with zero attached hydrogens (tertiary/aromatic N) is 1. The normalized spacial score (nSPS) is 22.2. The molecule has 1 amide bonds. The molecule has 0 aromatic carbocycles. The highest BCUT2D eigenvalue weighted by Crippen LogP contribution is 2.36. The Morgan fingerprint density at radius 1 is 1.40 bits per heavy atom. The fourth-order valence-corrected chi connectivity index (χ4v) is 2.85. The topological polar surface area (TPSA) is 70.8 Å². The molecule has 5 nitrogen and oxygen atoms in total. The Hall–Kier alpha value is -1.78. The minimum absolute atomic E-state index is 0.205. The third kappa shape index (κ3) is 2.57. The molecule has 1 N–H and O–H groups in total. The van der Waals surface area contributed by atoms with E-state index in [-0.39, 0.29) is 12.5 Å². The third-order valence-electron chi connectivity index (χ3n) is 4.04. The van der Waals surface area contributed by atoms with Crippen LogP contribution in [0.1, 0.15) is 49.4 Å². The van der Waals surface area contributed by atoms with Crippen LogP contribution in [-0.4, -0.2) is 35.0 Å². The van der Waals surface area contributed by atoms with Crippen LogP contribution in [0.4, 0.5) is 0 Å². The van der Waals surface area contributed by atoms with Crippen molar-refractivity contribution in [2.45, 2.75) is 39.5 Å². The minimum atomic E-state index is -0.802. The van der Waals surface area contributed by atoms with Crippen LogP contribution in [0.3, 0.4) is 0 Å². The van der Waals surface area contributed by atoms with Gasteiger partial charge in [0.25, 0.3) is 5.91 Å². The highest BCUT2D eigenvalue weighted by atomic mass is 16.4. The first-order valence-corrected chi connectivity index (χ1v) is 7.14. The summed E-state index contributed by atoms with van der Waals surface area (Å²) in [5.74, 6) is 0.0670. The Morgan fingerprint density at radius 3 is 2.70 bits per heavy atom. The number of carbonyl (C=O) groups excluding carboxylic acids is 1. The maximum absolute atomic E-state index is 12.3. The Morgan fingerprint density at radius 2 is 2.15 bits per heavy atom. The van der Waals surface area contributed by atoms with Gasteiger partial charge in [0.05, 0.1) is 5.41 Å². The van der Waals surface area contributed by atoms with E-state index < -0.39 is 11.4 Å². The number of aliphatic carboxylic acids is 1. The molecule has 1 fully saturated rings. The van der Waals surface area contributed by atoms with E-state index in [1.54, 1.807) is 17.0 Å². The second-order valence-electron chi connectivity index (χ2n) is 5.43. The molecule has 5 heteroatoms. The van der Waals surface area contributed by atoms with Gasteiger partial charge in [-0.05, 0) is 25.0 Å². The van der Waals surface area contributed by atoms with E-state index in [9.17, 15) is 14.7 Å². The fraction of sp³-hybridized carbons (Fsp3) is 0.600. The van der Waals surface area contributed by atoms with E-state index in [1.165, 1.54) is 0 Å². The van der Waals surface area contributed by atoms with Crippen LogP contribution in [0.25, 0.3) is 0 Å². The molecule has 1 saturated heterocycles. The second-order valence-corrected chi connectivity index (χ2v) is 5.43. The Labute approximate surface area is 118 Å². The summed E-state index contributed by atoms with van der Waals surface area (Å²) >= 11 is 0. The number of carboxylic acids is 1. The molecule has 0 spiro atoms. The Bertz CT molecular complexity index is 508. The fourth-order valence-electron chi connectivity index (χ4n) is 2.85. The monoisotopic (exact) mass is 279 g/mol. The molecule has 0 aliphatic carbocycles. The van der Waals surface area contributed by atoms with Gasteiger partial charge in [0.15, 0.2) is 5.76 Å². The summed E-state index contributed by atoms with van der Waals surface area (Å²) in [6.45, 7) is 4.68. The molecule has 1 aromatic rings. The largest absolute Gasteiger partial charge is 0.481 e. The van der Waals surface area contributed by atoms with Gasteiger partial charge >= 0.3 is 5.97 Å². The van der Waals surface area contributed by atoms with Gasteiger partial charge < -0.3 is 14.4 Å². The molecule has 1 unspecified atom stereocenters. The van der Waals surface area contributed by atoms with Crippen LogP contribution in [-0.2, 0) is 11.2 Å². The summed E-state index contributed by atoms with van der Waals surface area (Å²) < 4.78 is 5.46. The lowest BCUT2D eigenvalue weighted by molar-refractivity contribution is -0.148. The van der Waals surface area contributed by atoms with Gasteiger partial charge in [-0.2, -0.15) is 0 Å². The smallest absolute Gasteiger partial charge is 0.311 e. The summed E-state index contributed by atoms with van der Waals surface area (Å²) in [5.41, 5.74) is -0.787. The lowest BCUT2D eigenvalue weighted by Gasteiger charge is -2.23.